The molecule has 1 N–H and O–H groups in total. The molecule has 0 aliphatic heterocycles. The molecule has 0 spiro atoms. The fraction of sp³-hybridized carbons (Fsp3) is 0.571. The highest BCUT2D eigenvalue weighted by molar-refractivity contribution is 9.10. The van der Waals surface area contributed by atoms with Crippen molar-refractivity contribution in [3.63, 3.8) is 0 Å². The second-order valence-corrected chi connectivity index (χ2v) is 7.17. The van der Waals surface area contributed by atoms with E-state index in [-0.39, 0.29) is 11.0 Å². The van der Waals surface area contributed by atoms with Gasteiger partial charge < -0.3 is 5.32 Å². The van der Waals surface area contributed by atoms with E-state index in [1.54, 1.807) is 0 Å². The number of halogens is 1. The summed E-state index contributed by atoms with van der Waals surface area (Å²) in [6.45, 7) is 13.2. The van der Waals surface area contributed by atoms with Crippen LogP contribution in [-0.4, -0.2) is 5.54 Å². The Morgan fingerprint density at radius 3 is 1.94 bits per heavy atom. The van der Waals surface area contributed by atoms with Crippen LogP contribution in [0.4, 0.5) is 5.69 Å². The van der Waals surface area contributed by atoms with Crippen LogP contribution >= 0.6 is 15.9 Å². The summed E-state index contributed by atoms with van der Waals surface area (Å²) in [6.07, 6.45) is 0. The van der Waals surface area contributed by atoms with Crippen molar-refractivity contribution in [1.82, 2.24) is 0 Å². The largest absolute Gasteiger partial charge is 0.380 e. The van der Waals surface area contributed by atoms with Gasteiger partial charge in [0.2, 0.25) is 0 Å². The summed E-state index contributed by atoms with van der Waals surface area (Å²) in [4.78, 5) is 0. The number of nitrogens with one attached hydrogen (secondary N) is 1. The SMILES string of the molecule is CC(C)(C)Nc1ccc(C(C)(C)C)cc1Br. The molecule has 1 aromatic carbocycles. The van der Waals surface area contributed by atoms with E-state index in [2.05, 4.69) is 81.0 Å². The molecule has 16 heavy (non-hydrogen) atoms. The molecule has 1 aromatic rings. The highest BCUT2D eigenvalue weighted by atomic mass is 79.9. The monoisotopic (exact) mass is 283 g/mol. The lowest BCUT2D eigenvalue weighted by atomic mass is 9.87. The average Bonchev–Trinajstić information content (AvgIpc) is 2.04. The van der Waals surface area contributed by atoms with Crippen LogP contribution in [0.2, 0.25) is 0 Å². The van der Waals surface area contributed by atoms with Gasteiger partial charge >= 0.3 is 0 Å². The molecule has 0 fully saturated rings. The van der Waals surface area contributed by atoms with Gasteiger partial charge in [-0.3, -0.25) is 0 Å². The quantitative estimate of drug-likeness (QED) is 0.768. The van der Waals surface area contributed by atoms with Gasteiger partial charge in [0.15, 0.2) is 0 Å². The highest BCUT2D eigenvalue weighted by Crippen LogP contribution is 2.31. The molecule has 0 aliphatic rings. The van der Waals surface area contributed by atoms with E-state index in [1.165, 1.54) is 5.56 Å². The summed E-state index contributed by atoms with van der Waals surface area (Å²) in [5.74, 6) is 0. The minimum Gasteiger partial charge on any atom is -0.380 e. The van der Waals surface area contributed by atoms with Crippen molar-refractivity contribution in [1.29, 1.82) is 0 Å². The summed E-state index contributed by atoms with van der Waals surface area (Å²) >= 11 is 3.63. The second kappa shape index (κ2) is 4.40. The summed E-state index contributed by atoms with van der Waals surface area (Å²) < 4.78 is 1.13. The Morgan fingerprint density at radius 1 is 1.00 bits per heavy atom. The maximum atomic E-state index is 3.63. The van der Waals surface area contributed by atoms with E-state index in [0.717, 1.165) is 10.2 Å². The summed E-state index contributed by atoms with van der Waals surface area (Å²) in [5.41, 5.74) is 2.79. The van der Waals surface area contributed by atoms with Crippen LogP contribution in [0.25, 0.3) is 0 Å². The third kappa shape index (κ3) is 3.82. The van der Waals surface area contributed by atoms with Gasteiger partial charge in [-0.15, -0.1) is 0 Å². The number of anilines is 1. The van der Waals surface area contributed by atoms with E-state index >= 15 is 0 Å². The first kappa shape index (κ1) is 13.6. The van der Waals surface area contributed by atoms with Gasteiger partial charge in [-0.2, -0.15) is 0 Å². The lowest BCUT2D eigenvalue weighted by molar-refractivity contribution is 0.589. The van der Waals surface area contributed by atoms with Gasteiger partial charge in [0.05, 0.1) is 0 Å². The van der Waals surface area contributed by atoms with E-state index in [4.69, 9.17) is 0 Å². The molecule has 0 radical (unpaired) electrons. The zero-order valence-electron chi connectivity index (χ0n) is 11.1. The van der Waals surface area contributed by atoms with Gasteiger partial charge in [0, 0.05) is 15.7 Å². The zero-order chi connectivity index (χ0) is 12.6. The molecule has 0 aliphatic carbocycles. The Labute approximate surface area is 108 Å². The van der Waals surface area contributed by atoms with Crippen LogP contribution < -0.4 is 5.32 Å². The third-order valence-electron chi connectivity index (χ3n) is 2.34. The molecule has 0 bridgehead atoms. The van der Waals surface area contributed by atoms with Crippen LogP contribution in [0.15, 0.2) is 22.7 Å². The van der Waals surface area contributed by atoms with Crippen molar-refractivity contribution in [2.75, 3.05) is 5.32 Å². The summed E-state index contributed by atoms with van der Waals surface area (Å²) in [7, 11) is 0. The Kier molecular flexibility index (Phi) is 3.73. The van der Waals surface area contributed by atoms with Crippen molar-refractivity contribution < 1.29 is 0 Å². The molecule has 0 heterocycles. The van der Waals surface area contributed by atoms with Gasteiger partial charge in [0.1, 0.15) is 0 Å². The number of hydrogen-bond donors (Lipinski definition) is 1. The molecule has 0 saturated carbocycles. The Bertz CT molecular complexity index is 369. The first-order valence-corrected chi connectivity index (χ1v) is 6.47. The fourth-order valence-electron chi connectivity index (χ4n) is 1.49. The first-order valence-electron chi connectivity index (χ1n) is 5.68. The molecule has 90 valence electrons. The minimum absolute atomic E-state index is 0.0891. The molecule has 0 saturated heterocycles. The van der Waals surface area contributed by atoms with E-state index < -0.39 is 0 Å². The molecule has 0 unspecified atom stereocenters. The molecule has 1 nitrogen and oxygen atoms in total. The first-order chi connectivity index (χ1) is 7.09. The third-order valence-corrected chi connectivity index (χ3v) is 3.00. The standard InChI is InChI=1S/C14H22BrN/c1-13(2,3)10-7-8-12(11(15)9-10)16-14(4,5)6/h7-9,16H,1-6H3. The van der Waals surface area contributed by atoms with E-state index in [1.807, 2.05) is 0 Å². The highest BCUT2D eigenvalue weighted by Gasteiger charge is 2.16. The van der Waals surface area contributed by atoms with Crippen molar-refractivity contribution in [3.8, 4) is 0 Å². The Balaban J connectivity index is 3.01. The van der Waals surface area contributed by atoms with Crippen molar-refractivity contribution in [2.45, 2.75) is 52.5 Å². The number of hydrogen-bond acceptors (Lipinski definition) is 1. The molecular weight excluding hydrogens is 262 g/mol. The van der Waals surface area contributed by atoms with Crippen LogP contribution in [0.3, 0.4) is 0 Å². The Morgan fingerprint density at radius 2 is 1.56 bits per heavy atom. The maximum Gasteiger partial charge on any atom is 0.0488 e. The van der Waals surface area contributed by atoms with Crippen molar-refractivity contribution in [2.24, 2.45) is 0 Å². The average molecular weight is 284 g/mol. The van der Waals surface area contributed by atoms with Crippen LogP contribution in [0.1, 0.15) is 47.1 Å². The zero-order valence-corrected chi connectivity index (χ0v) is 12.7. The van der Waals surface area contributed by atoms with E-state index in [9.17, 15) is 0 Å². The van der Waals surface area contributed by atoms with Crippen molar-refractivity contribution in [3.05, 3.63) is 28.2 Å². The van der Waals surface area contributed by atoms with E-state index in [0.29, 0.717) is 0 Å². The van der Waals surface area contributed by atoms with Crippen molar-refractivity contribution >= 4 is 21.6 Å². The molecule has 0 amide bonds. The minimum atomic E-state index is 0.0891. The molecule has 2 heteroatoms. The topological polar surface area (TPSA) is 12.0 Å². The van der Waals surface area contributed by atoms with Crippen LogP contribution in [-0.2, 0) is 5.41 Å². The van der Waals surface area contributed by atoms with Gasteiger partial charge in [-0.1, -0.05) is 26.8 Å². The fourth-order valence-corrected chi connectivity index (χ4v) is 1.96. The summed E-state index contributed by atoms with van der Waals surface area (Å²) in [5, 5.41) is 3.48. The Hall–Kier alpha value is -0.500. The van der Waals surface area contributed by atoms with Gasteiger partial charge in [-0.05, 0) is 59.8 Å². The number of rotatable bonds is 1. The molecule has 1 rings (SSSR count). The summed E-state index contributed by atoms with van der Waals surface area (Å²) in [6, 6.07) is 6.54. The molecule has 0 aromatic heterocycles. The smallest absolute Gasteiger partial charge is 0.0488 e. The second-order valence-electron chi connectivity index (χ2n) is 6.32. The van der Waals surface area contributed by atoms with Crippen LogP contribution in [0, 0.1) is 0 Å². The lowest BCUT2D eigenvalue weighted by Gasteiger charge is -2.25. The number of benzene rings is 1. The van der Waals surface area contributed by atoms with Gasteiger partial charge in [0.25, 0.3) is 0 Å². The normalized spacial score (nSPS) is 12.7. The maximum absolute atomic E-state index is 3.63. The lowest BCUT2D eigenvalue weighted by Crippen LogP contribution is -2.26. The van der Waals surface area contributed by atoms with Gasteiger partial charge in [-0.25, -0.2) is 0 Å². The molecular formula is C14H22BrN. The predicted molar refractivity (Wildman–Crippen MR) is 76.2 cm³/mol. The molecule has 0 atom stereocenters. The predicted octanol–water partition coefficient (Wildman–Crippen LogP) is 4.96. The van der Waals surface area contributed by atoms with Crippen LogP contribution in [0.5, 0.6) is 0 Å².